The zero-order chi connectivity index (χ0) is 11.4. The van der Waals surface area contributed by atoms with E-state index in [1.807, 2.05) is 12.4 Å². The Labute approximate surface area is 99.6 Å². The number of nitriles is 1. The number of amidine groups is 1. The third-order valence-corrected chi connectivity index (χ3v) is 3.39. The van der Waals surface area contributed by atoms with Crippen LogP contribution in [0.15, 0.2) is 29.3 Å². The van der Waals surface area contributed by atoms with Crippen molar-refractivity contribution in [1.29, 1.82) is 5.26 Å². The Morgan fingerprint density at radius 1 is 1.62 bits per heavy atom. The molecule has 0 fully saturated rings. The first-order valence-electron chi connectivity index (χ1n) is 5.16. The van der Waals surface area contributed by atoms with Crippen molar-refractivity contribution in [2.45, 2.75) is 12.3 Å². The lowest BCUT2D eigenvalue weighted by Crippen LogP contribution is -2.21. The summed E-state index contributed by atoms with van der Waals surface area (Å²) in [6.07, 6.45) is 4.92. The molecule has 16 heavy (non-hydrogen) atoms. The minimum Gasteiger partial charge on any atom is -0.272 e. The van der Waals surface area contributed by atoms with E-state index in [-0.39, 0.29) is 0 Å². The zero-order valence-corrected chi connectivity index (χ0v) is 9.92. The Morgan fingerprint density at radius 2 is 2.44 bits per heavy atom. The van der Waals surface area contributed by atoms with Gasteiger partial charge in [-0.1, -0.05) is 36.0 Å². The molecule has 1 N–H and O–H groups in total. The molecule has 0 aromatic heterocycles. The van der Waals surface area contributed by atoms with E-state index in [0.717, 1.165) is 13.0 Å². The second-order valence-corrected chi connectivity index (χ2v) is 4.48. The molecular weight excluding hydrogens is 218 g/mol. The maximum absolute atomic E-state index is 8.51. The van der Waals surface area contributed by atoms with E-state index < -0.39 is 0 Å². The summed E-state index contributed by atoms with van der Waals surface area (Å²) >= 11 is 1.47. The smallest absolute Gasteiger partial charge is 0.183 e. The molecule has 0 saturated carbocycles. The Bertz CT molecular complexity index is 448. The van der Waals surface area contributed by atoms with E-state index in [2.05, 4.69) is 34.6 Å². The van der Waals surface area contributed by atoms with E-state index in [1.54, 1.807) is 0 Å². The number of fused-ring (bicyclic) bond motifs is 1. The molecule has 1 aromatic rings. The highest BCUT2D eigenvalue weighted by atomic mass is 32.2. The predicted octanol–water partition coefficient (Wildman–Crippen LogP) is 2.12. The molecule has 1 unspecified atom stereocenters. The third kappa shape index (κ3) is 2.20. The minimum atomic E-state index is 0.527. The van der Waals surface area contributed by atoms with Crippen molar-refractivity contribution in [3.8, 4) is 6.19 Å². The average molecular weight is 231 g/mol. The molecule has 82 valence electrons. The van der Waals surface area contributed by atoms with Crippen LogP contribution in [-0.4, -0.2) is 18.0 Å². The summed E-state index contributed by atoms with van der Waals surface area (Å²) < 4.78 is 0. The molecule has 0 amide bonds. The van der Waals surface area contributed by atoms with Crippen LogP contribution in [0.5, 0.6) is 0 Å². The average Bonchev–Trinajstić information content (AvgIpc) is 2.29. The molecule has 0 saturated heterocycles. The minimum absolute atomic E-state index is 0.527. The normalized spacial score (nSPS) is 18.2. The van der Waals surface area contributed by atoms with Gasteiger partial charge in [-0.05, 0) is 23.8 Å². The third-order valence-electron chi connectivity index (χ3n) is 2.77. The molecule has 0 bridgehead atoms. The van der Waals surface area contributed by atoms with Gasteiger partial charge in [0, 0.05) is 12.5 Å². The number of nitrogens with zero attached hydrogens (tertiary/aromatic N) is 2. The van der Waals surface area contributed by atoms with Gasteiger partial charge in [0.25, 0.3) is 0 Å². The number of benzene rings is 1. The highest BCUT2D eigenvalue weighted by Gasteiger charge is 2.24. The molecule has 1 atom stereocenters. The van der Waals surface area contributed by atoms with Crippen molar-refractivity contribution < 1.29 is 0 Å². The highest BCUT2D eigenvalue weighted by Crippen LogP contribution is 2.34. The Morgan fingerprint density at radius 3 is 3.12 bits per heavy atom. The van der Waals surface area contributed by atoms with Gasteiger partial charge in [-0.2, -0.15) is 5.26 Å². The fraction of sp³-hybridized carbons (Fsp3) is 0.333. The summed E-state index contributed by atoms with van der Waals surface area (Å²) in [7, 11) is 0. The van der Waals surface area contributed by atoms with Gasteiger partial charge in [-0.3, -0.25) is 10.3 Å². The SMILES string of the molecule is CSC(=NCC1Cc2ccccc21)NC#N. The lowest BCUT2D eigenvalue weighted by atomic mass is 9.78. The molecule has 2 rings (SSSR count). The van der Waals surface area contributed by atoms with Crippen molar-refractivity contribution in [2.75, 3.05) is 12.8 Å². The molecule has 3 nitrogen and oxygen atoms in total. The first-order valence-corrected chi connectivity index (χ1v) is 6.39. The van der Waals surface area contributed by atoms with Crippen LogP contribution in [0.1, 0.15) is 17.0 Å². The van der Waals surface area contributed by atoms with E-state index in [1.165, 1.54) is 22.9 Å². The van der Waals surface area contributed by atoms with Crippen molar-refractivity contribution in [1.82, 2.24) is 5.32 Å². The van der Waals surface area contributed by atoms with Crippen LogP contribution in [0.2, 0.25) is 0 Å². The van der Waals surface area contributed by atoms with Crippen LogP contribution in [0.3, 0.4) is 0 Å². The molecule has 0 aliphatic heterocycles. The van der Waals surface area contributed by atoms with Crippen LogP contribution in [0, 0.1) is 11.5 Å². The number of aliphatic imine (C=N–C) groups is 1. The fourth-order valence-electron chi connectivity index (χ4n) is 1.92. The zero-order valence-electron chi connectivity index (χ0n) is 9.10. The molecular formula is C12H13N3S. The largest absolute Gasteiger partial charge is 0.272 e. The van der Waals surface area contributed by atoms with Crippen molar-refractivity contribution in [3.05, 3.63) is 35.4 Å². The molecule has 0 spiro atoms. The van der Waals surface area contributed by atoms with Crippen molar-refractivity contribution in [2.24, 2.45) is 4.99 Å². The molecule has 1 aliphatic carbocycles. The van der Waals surface area contributed by atoms with Crippen LogP contribution in [-0.2, 0) is 6.42 Å². The van der Waals surface area contributed by atoms with Crippen LogP contribution < -0.4 is 5.32 Å². The van der Waals surface area contributed by atoms with Gasteiger partial charge < -0.3 is 0 Å². The van der Waals surface area contributed by atoms with Gasteiger partial charge in [0.05, 0.1) is 0 Å². The monoisotopic (exact) mass is 231 g/mol. The summed E-state index contributed by atoms with van der Waals surface area (Å²) in [5.74, 6) is 0.527. The van der Waals surface area contributed by atoms with Crippen LogP contribution in [0.4, 0.5) is 0 Å². The number of rotatable bonds is 2. The predicted molar refractivity (Wildman–Crippen MR) is 67.5 cm³/mol. The molecule has 4 heteroatoms. The Balaban J connectivity index is 1.97. The fourth-order valence-corrected chi connectivity index (χ4v) is 2.27. The highest BCUT2D eigenvalue weighted by molar-refractivity contribution is 8.13. The Hall–Kier alpha value is -1.47. The lowest BCUT2D eigenvalue weighted by Gasteiger charge is -2.28. The van der Waals surface area contributed by atoms with E-state index in [9.17, 15) is 0 Å². The van der Waals surface area contributed by atoms with E-state index >= 15 is 0 Å². The Kier molecular flexibility index (Phi) is 3.47. The van der Waals surface area contributed by atoms with Gasteiger partial charge in [-0.25, -0.2) is 0 Å². The van der Waals surface area contributed by atoms with Crippen LogP contribution in [0.25, 0.3) is 0 Å². The maximum Gasteiger partial charge on any atom is 0.183 e. The standard InChI is InChI=1S/C12H13N3S/c1-16-12(15-8-13)14-7-10-6-9-4-2-3-5-11(9)10/h2-5,10H,6-7H2,1H3,(H,14,15). The summed E-state index contributed by atoms with van der Waals surface area (Å²) in [4.78, 5) is 4.40. The van der Waals surface area contributed by atoms with Gasteiger partial charge >= 0.3 is 0 Å². The topological polar surface area (TPSA) is 48.2 Å². The van der Waals surface area contributed by atoms with Gasteiger partial charge in [0.15, 0.2) is 11.4 Å². The first kappa shape index (κ1) is 11.0. The molecule has 0 heterocycles. The first-order chi connectivity index (χ1) is 7.85. The summed E-state index contributed by atoms with van der Waals surface area (Å²) in [6, 6.07) is 8.47. The van der Waals surface area contributed by atoms with E-state index in [4.69, 9.17) is 5.26 Å². The van der Waals surface area contributed by atoms with E-state index in [0.29, 0.717) is 11.1 Å². The summed E-state index contributed by atoms with van der Waals surface area (Å²) in [5, 5.41) is 11.8. The van der Waals surface area contributed by atoms with Crippen molar-refractivity contribution in [3.63, 3.8) is 0 Å². The number of nitrogens with one attached hydrogen (secondary N) is 1. The second-order valence-electron chi connectivity index (χ2n) is 3.69. The van der Waals surface area contributed by atoms with Gasteiger partial charge in [0.2, 0.25) is 0 Å². The second kappa shape index (κ2) is 5.04. The molecule has 1 aliphatic rings. The van der Waals surface area contributed by atoms with Crippen molar-refractivity contribution >= 4 is 16.9 Å². The number of hydrogen-bond acceptors (Lipinski definition) is 3. The van der Waals surface area contributed by atoms with Crippen LogP contribution >= 0.6 is 11.8 Å². The number of hydrogen-bond donors (Lipinski definition) is 1. The van der Waals surface area contributed by atoms with Gasteiger partial charge in [0.1, 0.15) is 0 Å². The molecule has 1 aromatic carbocycles. The summed E-state index contributed by atoms with van der Waals surface area (Å²) in [5.41, 5.74) is 2.84. The maximum atomic E-state index is 8.51. The van der Waals surface area contributed by atoms with Gasteiger partial charge in [-0.15, -0.1) is 0 Å². The molecule has 0 radical (unpaired) electrons. The summed E-state index contributed by atoms with van der Waals surface area (Å²) in [6.45, 7) is 0.766. The lowest BCUT2D eigenvalue weighted by molar-refractivity contribution is 0.619. The quantitative estimate of drug-likeness (QED) is 0.367. The number of thioether (sulfide) groups is 1.